The number of rotatable bonds is 4. The number of pyridine rings is 1. The maximum atomic E-state index is 11.8. The van der Waals surface area contributed by atoms with Crippen LogP contribution in [-0.2, 0) is 4.79 Å². The smallest absolute Gasteiger partial charge is 0.337 e. The number of carboxylic acids is 1. The molecule has 0 atom stereocenters. The number of carbonyl (C=O) groups is 2. The zero-order valence-corrected chi connectivity index (χ0v) is 10.3. The topological polar surface area (TPSA) is 79.3 Å². The largest absolute Gasteiger partial charge is 0.478 e. The van der Waals surface area contributed by atoms with Crippen LogP contribution in [0.15, 0.2) is 18.5 Å². The first-order valence-electron chi connectivity index (χ1n) is 4.92. The maximum Gasteiger partial charge on any atom is 0.337 e. The van der Waals surface area contributed by atoms with Gasteiger partial charge in [-0.05, 0) is 19.9 Å². The number of alkyl halides is 1. The third-order valence-electron chi connectivity index (χ3n) is 2.19. The molecule has 0 fully saturated rings. The molecule has 1 heterocycles. The summed E-state index contributed by atoms with van der Waals surface area (Å²) in [6.45, 7) is 3.40. The Morgan fingerprint density at radius 1 is 1.47 bits per heavy atom. The lowest BCUT2D eigenvalue weighted by Gasteiger charge is -2.20. The van der Waals surface area contributed by atoms with Crippen molar-refractivity contribution in [2.45, 2.75) is 13.8 Å². The molecule has 0 aromatic carbocycles. The lowest BCUT2D eigenvalue weighted by Crippen LogP contribution is -2.32. The molecule has 0 saturated heterocycles. The maximum absolute atomic E-state index is 11.8. The van der Waals surface area contributed by atoms with Gasteiger partial charge in [-0.15, -0.1) is 11.6 Å². The number of hydrogen-bond acceptors (Lipinski definition) is 3. The Bertz CT molecular complexity index is 446. The summed E-state index contributed by atoms with van der Waals surface area (Å²) in [5, 5.41) is 11.4. The second-order valence-electron chi connectivity index (χ2n) is 4.24. The molecular weight excluding hydrogens is 244 g/mol. The minimum atomic E-state index is -1.09. The van der Waals surface area contributed by atoms with Gasteiger partial charge >= 0.3 is 5.97 Å². The normalized spacial score (nSPS) is 11.0. The zero-order chi connectivity index (χ0) is 13.1. The van der Waals surface area contributed by atoms with Crippen LogP contribution in [0.2, 0.25) is 0 Å². The Morgan fingerprint density at radius 3 is 2.65 bits per heavy atom. The average molecular weight is 257 g/mol. The summed E-state index contributed by atoms with van der Waals surface area (Å²) in [6, 6.07) is 1.34. The van der Waals surface area contributed by atoms with E-state index in [0.717, 1.165) is 0 Å². The van der Waals surface area contributed by atoms with Crippen LogP contribution in [-0.4, -0.2) is 27.8 Å². The highest BCUT2D eigenvalue weighted by atomic mass is 35.5. The van der Waals surface area contributed by atoms with Crippen LogP contribution in [0.4, 0.5) is 5.69 Å². The number of hydrogen-bond donors (Lipinski definition) is 2. The van der Waals surface area contributed by atoms with Crippen LogP contribution in [0.1, 0.15) is 24.2 Å². The summed E-state index contributed by atoms with van der Waals surface area (Å²) in [5.41, 5.74) is -0.361. The number of halogens is 1. The minimum absolute atomic E-state index is 0.0199. The third kappa shape index (κ3) is 3.42. The van der Waals surface area contributed by atoms with Crippen LogP contribution in [0.5, 0.6) is 0 Å². The van der Waals surface area contributed by atoms with Crippen molar-refractivity contribution in [3.63, 3.8) is 0 Å². The lowest BCUT2D eigenvalue weighted by atomic mass is 9.95. The van der Waals surface area contributed by atoms with Crippen LogP contribution >= 0.6 is 11.6 Å². The summed E-state index contributed by atoms with van der Waals surface area (Å²) in [6.07, 6.45) is 2.60. The molecule has 92 valence electrons. The number of aromatic nitrogens is 1. The number of nitrogens with one attached hydrogen (secondary N) is 1. The molecule has 0 unspecified atom stereocenters. The highest BCUT2D eigenvalue weighted by Gasteiger charge is 2.26. The molecule has 2 N–H and O–H groups in total. The van der Waals surface area contributed by atoms with E-state index in [1.54, 1.807) is 13.8 Å². The molecule has 5 nitrogen and oxygen atoms in total. The second kappa shape index (κ2) is 5.14. The molecule has 0 spiro atoms. The molecule has 1 rings (SSSR count). The monoisotopic (exact) mass is 256 g/mol. The molecule has 0 aliphatic rings. The van der Waals surface area contributed by atoms with Crippen LogP contribution in [0.25, 0.3) is 0 Å². The van der Waals surface area contributed by atoms with E-state index in [9.17, 15) is 9.59 Å². The molecule has 17 heavy (non-hydrogen) atoms. The predicted octanol–water partition coefficient (Wildman–Crippen LogP) is 1.98. The van der Waals surface area contributed by atoms with Gasteiger partial charge in [0.2, 0.25) is 5.91 Å². The van der Waals surface area contributed by atoms with Crippen LogP contribution in [0, 0.1) is 5.41 Å². The van der Waals surface area contributed by atoms with Gasteiger partial charge in [0, 0.05) is 12.1 Å². The van der Waals surface area contributed by atoms with Gasteiger partial charge in [-0.1, -0.05) is 0 Å². The van der Waals surface area contributed by atoms with Crippen LogP contribution < -0.4 is 5.32 Å². The third-order valence-corrected chi connectivity index (χ3v) is 2.86. The number of amides is 1. The van der Waals surface area contributed by atoms with Gasteiger partial charge in [-0.25, -0.2) is 4.79 Å². The molecule has 0 aliphatic heterocycles. The van der Waals surface area contributed by atoms with E-state index in [1.165, 1.54) is 18.5 Å². The molecule has 0 saturated carbocycles. The van der Waals surface area contributed by atoms with Crippen molar-refractivity contribution < 1.29 is 14.7 Å². The van der Waals surface area contributed by atoms with Crippen molar-refractivity contribution >= 4 is 29.2 Å². The first-order valence-corrected chi connectivity index (χ1v) is 5.46. The Hall–Kier alpha value is -1.62. The lowest BCUT2D eigenvalue weighted by molar-refractivity contribution is -0.122. The Kier molecular flexibility index (Phi) is 4.07. The van der Waals surface area contributed by atoms with E-state index in [-0.39, 0.29) is 17.4 Å². The van der Waals surface area contributed by atoms with Crippen molar-refractivity contribution in [3.8, 4) is 0 Å². The summed E-state index contributed by atoms with van der Waals surface area (Å²) >= 11 is 5.67. The number of carboxylic acid groups (broad SMARTS) is 1. The van der Waals surface area contributed by atoms with Crippen molar-refractivity contribution in [2.75, 3.05) is 11.2 Å². The Morgan fingerprint density at radius 2 is 2.12 bits per heavy atom. The quantitative estimate of drug-likeness (QED) is 0.808. The van der Waals surface area contributed by atoms with Crippen molar-refractivity contribution in [1.29, 1.82) is 0 Å². The number of nitrogens with zero attached hydrogens (tertiary/aromatic N) is 1. The van der Waals surface area contributed by atoms with E-state index in [4.69, 9.17) is 16.7 Å². The standard InChI is InChI=1S/C11H13ClN2O3/c1-11(2,6-12)10(17)14-8-3-7(9(15)16)4-13-5-8/h3-5H,6H2,1-2H3,(H,14,17)(H,15,16). The van der Waals surface area contributed by atoms with Gasteiger partial charge in [0.1, 0.15) is 0 Å². The highest BCUT2D eigenvalue weighted by Crippen LogP contribution is 2.20. The fraction of sp³-hybridized carbons (Fsp3) is 0.364. The minimum Gasteiger partial charge on any atom is -0.478 e. The molecule has 1 aromatic heterocycles. The molecule has 1 aromatic rings. The summed E-state index contributed by atoms with van der Waals surface area (Å²) < 4.78 is 0. The van der Waals surface area contributed by atoms with Gasteiger partial charge in [0.15, 0.2) is 0 Å². The SMILES string of the molecule is CC(C)(CCl)C(=O)Nc1cncc(C(=O)O)c1. The average Bonchev–Trinajstić information content (AvgIpc) is 2.29. The van der Waals surface area contributed by atoms with E-state index < -0.39 is 11.4 Å². The van der Waals surface area contributed by atoms with E-state index in [1.807, 2.05) is 0 Å². The van der Waals surface area contributed by atoms with Gasteiger partial charge in [0.05, 0.1) is 22.9 Å². The van der Waals surface area contributed by atoms with Crippen molar-refractivity contribution in [2.24, 2.45) is 5.41 Å². The van der Waals surface area contributed by atoms with E-state index >= 15 is 0 Å². The first kappa shape index (κ1) is 13.4. The molecule has 0 radical (unpaired) electrons. The molecule has 1 amide bonds. The van der Waals surface area contributed by atoms with Gasteiger partial charge in [-0.2, -0.15) is 0 Å². The van der Waals surface area contributed by atoms with E-state index in [0.29, 0.717) is 5.69 Å². The molecular formula is C11H13ClN2O3. The second-order valence-corrected chi connectivity index (χ2v) is 4.51. The van der Waals surface area contributed by atoms with Crippen molar-refractivity contribution in [1.82, 2.24) is 4.98 Å². The van der Waals surface area contributed by atoms with Crippen LogP contribution in [0.3, 0.4) is 0 Å². The number of anilines is 1. The highest BCUT2D eigenvalue weighted by molar-refractivity contribution is 6.20. The Labute approximate surface area is 104 Å². The Balaban J connectivity index is 2.86. The zero-order valence-electron chi connectivity index (χ0n) is 9.53. The van der Waals surface area contributed by atoms with Gasteiger partial charge in [-0.3, -0.25) is 9.78 Å². The fourth-order valence-corrected chi connectivity index (χ4v) is 1.11. The van der Waals surface area contributed by atoms with Gasteiger partial charge < -0.3 is 10.4 Å². The molecule has 0 bridgehead atoms. The number of aromatic carboxylic acids is 1. The van der Waals surface area contributed by atoms with Gasteiger partial charge in [0.25, 0.3) is 0 Å². The molecule has 6 heteroatoms. The van der Waals surface area contributed by atoms with E-state index in [2.05, 4.69) is 10.3 Å². The summed E-state index contributed by atoms with van der Waals surface area (Å²) in [5.74, 6) is -1.20. The predicted molar refractivity (Wildman–Crippen MR) is 64.3 cm³/mol. The summed E-state index contributed by atoms with van der Waals surface area (Å²) in [4.78, 5) is 26.2. The summed E-state index contributed by atoms with van der Waals surface area (Å²) in [7, 11) is 0. The fourth-order valence-electron chi connectivity index (χ4n) is 0.986. The number of carbonyl (C=O) groups excluding carboxylic acids is 1. The first-order chi connectivity index (χ1) is 7.86. The van der Waals surface area contributed by atoms with Crippen molar-refractivity contribution in [3.05, 3.63) is 24.0 Å². The molecule has 0 aliphatic carbocycles.